The van der Waals surface area contributed by atoms with Crippen LogP contribution in [0.3, 0.4) is 0 Å². The van der Waals surface area contributed by atoms with E-state index in [1.807, 2.05) is 5.32 Å². The van der Waals surface area contributed by atoms with Gasteiger partial charge in [-0.3, -0.25) is 4.79 Å². The van der Waals surface area contributed by atoms with Crippen LogP contribution in [0.4, 0.5) is 0 Å². The number of amides is 1. The molecule has 4 heteroatoms. The number of carbonyl (C=O) groups is 1. The molecule has 0 aliphatic heterocycles. The van der Waals surface area contributed by atoms with Gasteiger partial charge in [-0.25, -0.2) is 4.79 Å². The molecule has 0 bridgehead atoms. The van der Waals surface area contributed by atoms with E-state index in [2.05, 4.69) is 6.58 Å². The fraction of sp³-hybridized carbons (Fsp3) is 0.200. The minimum Gasteiger partial charge on any atom is -0.479 e. The summed E-state index contributed by atoms with van der Waals surface area (Å²) in [7, 11) is 0. The van der Waals surface area contributed by atoms with Gasteiger partial charge in [-0.05, 0) is 0 Å². The molecular formula is C5H6NO3. The predicted molar refractivity (Wildman–Crippen MR) is 30.4 cm³/mol. The summed E-state index contributed by atoms with van der Waals surface area (Å²) in [5.74, 6) is -1.15. The second kappa shape index (κ2) is 3.65. The molecule has 0 aliphatic carbocycles. The van der Waals surface area contributed by atoms with Crippen molar-refractivity contribution in [1.29, 1.82) is 0 Å². The zero-order valence-corrected chi connectivity index (χ0v) is 4.63. The first-order valence-electron chi connectivity index (χ1n) is 2.20. The van der Waals surface area contributed by atoms with Crippen molar-refractivity contribution in [2.75, 3.05) is 0 Å². The van der Waals surface area contributed by atoms with E-state index in [-0.39, 0.29) is 0 Å². The van der Waals surface area contributed by atoms with Crippen LogP contribution in [0, 0.1) is 0 Å². The van der Waals surface area contributed by atoms with Crippen molar-refractivity contribution in [3.63, 3.8) is 0 Å². The van der Waals surface area contributed by atoms with Crippen molar-refractivity contribution < 1.29 is 14.7 Å². The molecule has 1 radical (unpaired) electrons. The molecule has 0 aromatic rings. The number of carboxylic acids is 1. The van der Waals surface area contributed by atoms with Gasteiger partial charge in [0.15, 0.2) is 0 Å². The first-order valence-corrected chi connectivity index (χ1v) is 2.20. The predicted octanol–water partition coefficient (Wildman–Crippen LogP) is -0.718. The Morgan fingerprint density at radius 3 is 2.56 bits per heavy atom. The van der Waals surface area contributed by atoms with Crippen molar-refractivity contribution in [3.05, 3.63) is 12.7 Å². The van der Waals surface area contributed by atoms with Crippen molar-refractivity contribution in [1.82, 2.24) is 5.32 Å². The Hall–Kier alpha value is -1.32. The molecule has 0 aromatic heterocycles. The Morgan fingerprint density at radius 2 is 2.44 bits per heavy atom. The Balaban J connectivity index is 3.81. The van der Waals surface area contributed by atoms with Gasteiger partial charge in [-0.1, -0.05) is 6.08 Å². The Morgan fingerprint density at radius 1 is 1.89 bits per heavy atom. The van der Waals surface area contributed by atoms with Gasteiger partial charge in [0.05, 0.1) is 0 Å². The van der Waals surface area contributed by atoms with Crippen molar-refractivity contribution in [2.24, 2.45) is 0 Å². The van der Waals surface area contributed by atoms with Gasteiger partial charge in [-0.15, -0.1) is 6.58 Å². The zero-order valence-electron chi connectivity index (χ0n) is 4.63. The molecule has 9 heavy (non-hydrogen) atoms. The van der Waals surface area contributed by atoms with Crippen molar-refractivity contribution in [3.8, 4) is 0 Å². The molecule has 0 fully saturated rings. The maximum atomic E-state index is 10.0. The van der Waals surface area contributed by atoms with Gasteiger partial charge in [0, 0.05) is 0 Å². The smallest absolute Gasteiger partial charge is 0.330 e. The molecule has 0 saturated heterocycles. The average Bonchev–Trinajstić information content (AvgIpc) is 1.82. The van der Waals surface area contributed by atoms with E-state index in [0.717, 1.165) is 6.08 Å². The largest absolute Gasteiger partial charge is 0.479 e. The Bertz CT molecular complexity index is 132. The molecule has 0 heterocycles. The van der Waals surface area contributed by atoms with Gasteiger partial charge >= 0.3 is 12.4 Å². The number of carbonyl (C=O) groups excluding carboxylic acids is 1. The molecule has 1 atom stereocenters. The van der Waals surface area contributed by atoms with E-state index in [1.54, 1.807) is 0 Å². The maximum Gasteiger partial charge on any atom is 0.330 e. The SMILES string of the molecule is C=CC(N[C]=O)C(=O)O. The van der Waals surface area contributed by atoms with Crippen LogP contribution < -0.4 is 5.32 Å². The highest BCUT2D eigenvalue weighted by molar-refractivity contribution is 5.78. The molecule has 49 valence electrons. The number of hydrogen-bond acceptors (Lipinski definition) is 2. The van der Waals surface area contributed by atoms with Crippen LogP contribution in [-0.2, 0) is 9.59 Å². The van der Waals surface area contributed by atoms with Gasteiger partial charge in [0.25, 0.3) is 0 Å². The highest BCUT2D eigenvalue weighted by Gasteiger charge is 2.09. The molecule has 1 unspecified atom stereocenters. The highest BCUT2D eigenvalue weighted by Crippen LogP contribution is 1.80. The van der Waals surface area contributed by atoms with E-state index in [4.69, 9.17) is 5.11 Å². The van der Waals surface area contributed by atoms with Gasteiger partial charge in [0.1, 0.15) is 6.04 Å². The number of aliphatic carboxylic acids is 1. The number of nitrogens with one attached hydrogen (secondary N) is 1. The summed E-state index contributed by atoms with van der Waals surface area (Å²) in [6.45, 7) is 3.18. The lowest BCUT2D eigenvalue weighted by atomic mass is 10.3. The van der Waals surface area contributed by atoms with Crippen molar-refractivity contribution >= 4 is 12.4 Å². The monoisotopic (exact) mass is 128 g/mol. The van der Waals surface area contributed by atoms with E-state index < -0.39 is 12.0 Å². The van der Waals surface area contributed by atoms with Crippen LogP contribution in [0.5, 0.6) is 0 Å². The summed E-state index contributed by atoms with van der Waals surface area (Å²) in [5.41, 5.74) is 0. The lowest BCUT2D eigenvalue weighted by Gasteiger charge is -2.01. The van der Waals surface area contributed by atoms with Gasteiger partial charge in [0.2, 0.25) is 0 Å². The van der Waals surface area contributed by atoms with Gasteiger partial charge in [-0.2, -0.15) is 0 Å². The second-order valence-electron chi connectivity index (χ2n) is 1.30. The first kappa shape index (κ1) is 7.68. The number of rotatable bonds is 4. The summed E-state index contributed by atoms with van der Waals surface area (Å²) in [4.78, 5) is 19.5. The maximum absolute atomic E-state index is 10.0. The van der Waals surface area contributed by atoms with Crippen LogP contribution in [-0.4, -0.2) is 23.5 Å². The van der Waals surface area contributed by atoms with Crippen molar-refractivity contribution in [2.45, 2.75) is 6.04 Å². The van der Waals surface area contributed by atoms with Crippen LogP contribution in [0.15, 0.2) is 12.7 Å². The van der Waals surface area contributed by atoms with E-state index in [9.17, 15) is 9.59 Å². The quantitative estimate of drug-likeness (QED) is 0.388. The molecule has 4 nitrogen and oxygen atoms in total. The third-order valence-electron chi connectivity index (χ3n) is 0.716. The molecule has 2 N–H and O–H groups in total. The standard InChI is InChI=1S/C5H6NO3/c1-2-4(5(8)9)6-3-7/h2,4H,1H2,(H,6,7)(H,8,9). The minimum atomic E-state index is -1.15. The van der Waals surface area contributed by atoms with E-state index in [1.165, 1.54) is 6.41 Å². The number of carboxylic acid groups (broad SMARTS) is 1. The fourth-order valence-corrected chi connectivity index (χ4v) is 0.285. The molecule has 0 spiro atoms. The van der Waals surface area contributed by atoms with Gasteiger partial charge < -0.3 is 10.4 Å². The average molecular weight is 128 g/mol. The second-order valence-corrected chi connectivity index (χ2v) is 1.30. The molecule has 0 rings (SSSR count). The third kappa shape index (κ3) is 2.48. The summed E-state index contributed by atoms with van der Waals surface area (Å²) in [6.07, 6.45) is 2.35. The normalized spacial score (nSPS) is 11.6. The first-order chi connectivity index (χ1) is 4.22. The highest BCUT2D eigenvalue weighted by atomic mass is 16.4. The molecule has 0 saturated carbocycles. The Labute approximate surface area is 52.2 Å². The molecule has 0 aliphatic rings. The lowest BCUT2D eigenvalue weighted by molar-refractivity contribution is -0.137. The van der Waals surface area contributed by atoms with E-state index >= 15 is 0 Å². The molecular weight excluding hydrogens is 122 g/mol. The molecule has 1 amide bonds. The fourth-order valence-electron chi connectivity index (χ4n) is 0.285. The third-order valence-corrected chi connectivity index (χ3v) is 0.716. The van der Waals surface area contributed by atoms with E-state index in [0.29, 0.717) is 0 Å². The summed E-state index contributed by atoms with van der Waals surface area (Å²) in [5, 5.41) is 10.1. The number of hydrogen-bond donors (Lipinski definition) is 2. The molecule has 0 aromatic carbocycles. The lowest BCUT2D eigenvalue weighted by Crippen LogP contribution is -2.33. The zero-order chi connectivity index (χ0) is 7.28. The summed E-state index contributed by atoms with van der Waals surface area (Å²) in [6, 6.07) is -1.03. The summed E-state index contributed by atoms with van der Waals surface area (Å²) < 4.78 is 0. The summed E-state index contributed by atoms with van der Waals surface area (Å²) >= 11 is 0. The topological polar surface area (TPSA) is 66.4 Å². The van der Waals surface area contributed by atoms with Crippen LogP contribution in [0.2, 0.25) is 0 Å². The van der Waals surface area contributed by atoms with Crippen LogP contribution in [0.25, 0.3) is 0 Å². The van der Waals surface area contributed by atoms with Crippen LogP contribution in [0.1, 0.15) is 0 Å². The van der Waals surface area contributed by atoms with Crippen LogP contribution >= 0.6 is 0 Å². The Kier molecular flexibility index (Phi) is 3.12. The minimum absolute atomic E-state index is 1.03.